The molecule has 2 aromatic carbocycles. The van der Waals surface area contributed by atoms with E-state index in [0.29, 0.717) is 23.7 Å². The second kappa shape index (κ2) is 9.92. The van der Waals surface area contributed by atoms with Gasteiger partial charge in [0.15, 0.2) is 0 Å². The zero-order chi connectivity index (χ0) is 22.3. The first-order chi connectivity index (χ1) is 15.6. The van der Waals surface area contributed by atoms with Gasteiger partial charge in [-0.2, -0.15) is 5.10 Å². The summed E-state index contributed by atoms with van der Waals surface area (Å²) in [6.45, 7) is 4.77. The number of amides is 1. The lowest BCUT2D eigenvalue weighted by molar-refractivity contribution is 0.0951. The van der Waals surface area contributed by atoms with Gasteiger partial charge in [0.1, 0.15) is 5.69 Å². The fourth-order valence-electron chi connectivity index (χ4n) is 3.47. The van der Waals surface area contributed by atoms with Crippen molar-refractivity contribution in [3.63, 3.8) is 0 Å². The maximum absolute atomic E-state index is 13.3. The Morgan fingerprint density at radius 2 is 1.69 bits per heavy atom. The fourth-order valence-corrected chi connectivity index (χ4v) is 3.47. The molecule has 0 aliphatic rings. The van der Waals surface area contributed by atoms with Crippen molar-refractivity contribution in [1.29, 1.82) is 0 Å². The monoisotopic (exact) mass is 425 g/mol. The molecule has 6 heteroatoms. The third-order valence-electron chi connectivity index (χ3n) is 5.33. The number of para-hydroxylation sites is 2. The molecule has 2 aromatic heterocycles. The van der Waals surface area contributed by atoms with Crippen LogP contribution in [0.25, 0.3) is 16.9 Å². The highest BCUT2D eigenvalue weighted by atomic mass is 16.1. The summed E-state index contributed by atoms with van der Waals surface area (Å²) in [7, 11) is 0. The summed E-state index contributed by atoms with van der Waals surface area (Å²) in [5.41, 5.74) is 3.85. The first-order valence-electron chi connectivity index (χ1n) is 10.8. The second-order valence-corrected chi connectivity index (χ2v) is 7.98. The maximum Gasteiger partial charge on any atom is 0.255 e. The lowest BCUT2D eigenvalue weighted by Crippen LogP contribution is -2.39. The van der Waals surface area contributed by atoms with Crippen LogP contribution in [0.15, 0.2) is 91.4 Å². The van der Waals surface area contributed by atoms with Gasteiger partial charge in [-0.1, -0.05) is 50.2 Å². The topological polar surface area (TPSA) is 71.8 Å². The van der Waals surface area contributed by atoms with Crippen LogP contribution in [0.1, 0.15) is 24.2 Å². The lowest BCUT2D eigenvalue weighted by Gasteiger charge is -2.24. The Bertz CT molecular complexity index is 1140. The highest BCUT2D eigenvalue weighted by molar-refractivity contribution is 5.99. The van der Waals surface area contributed by atoms with Gasteiger partial charge in [-0.25, -0.2) is 4.68 Å². The minimum atomic E-state index is -0.161. The highest BCUT2D eigenvalue weighted by Crippen LogP contribution is 2.23. The van der Waals surface area contributed by atoms with Gasteiger partial charge < -0.3 is 10.6 Å². The summed E-state index contributed by atoms with van der Waals surface area (Å²) in [6.07, 6.45) is 5.21. The van der Waals surface area contributed by atoms with Gasteiger partial charge in [-0.3, -0.25) is 9.78 Å². The molecule has 2 N–H and O–H groups in total. The van der Waals surface area contributed by atoms with E-state index in [4.69, 9.17) is 5.10 Å². The number of hydrogen-bond acceptors (Lipinski definition) is 4. The number of pyridine rings is 1. The second-order valence-electron chi connectivity index (χ2n) is 7.98. The summed E-state index contributed by atoms with van der Waals surface area (Å²) >= 11 is 0. The van der Waals surface area contributed by atoms with Gasteiger partial charge in [-0.15, -0.1) is 0 Å². The van der Waals surface area contributed by atoms with Gasteiger partial charge in [0.05, 0.1) is 11.3 Å². The van der Waals surface area contributed by atoms with Crippen molar-refractivity contribution >= 4 is 11.6 Å². The van der Waals surface area contributed by atoms with Crippen LogP contribution >= 0.6 is 0 Å². The summed E-state index contributed by atoms with van der Waals surface area (Å²) in [6, 6.07) is 23.7. The van der Waals surface area contributed by atoms with Crippen molar-refractivity contribution in [2.75, 3.05) is 11.9 Å². The van der Waals surface area contributed by atoms with E-state index in [2.05, 4.69) is 29.5 Å². The van der Waals surface area contributed by atoms with Crippen LogP contribution in [0.5, 0.6) is 0 Å². The van der Waals surface area contributed by atoms with Crippen LogP contribution in [0, 0.1) is 5.92 Å². The number of carbonyl (C=O) groups excluding carboxylic acids is 1. The number of rotatable bonds is 8. The van der Waals surface area contributed by atoms with Crippen LogP contribution in [0.2, 0.25) is 0 Å². The molecule has 0 spiro atoms. The molecule has 4 rings (SSSR count). The Morgan fingerprint density at radius 1 is 0.969 bits per heavy atom. The van der Waals surface area contributed by atoms with E-state index >= 15 is 0 Å². The Labute approximate surface area is 188 Å². The van der Waals surface area contributed by atoms with E-state index < -0.39 is 0 Å². The van der Waals surface area contributed by atoms with Crippen molar-refractivity contribution in [2.45, 2.75) is 19.9 Å². The molecule has 4 aromatic rings. The molecular weight excluding hydrogens is 398 g/mol. The fraction of sp³-hybridized carbons (Fsp3) is 0.192. The molecule has 0 aliphatic heterocycles. The SMILES string of the molecule is CC(C)[C@@H](CNC(=O)c1cn(-c2ccccc2)nc1-c1cccnc1)Nc1ccccc1. The number of aromatic nitrogens is 3. The quantitative estimate of drug-likeness (QED) is 0.425. The van der Waals surface area contributed by atoms with Crippen molar-refractivity contribution in [2.24, 2.45) is 5.92 Å². The minimum absolute atomic E-state index is 0.0901. The molecule has 162 valence electrons. The molecule has 0 fully saturated rings. The third kappa shape index (κ3) is 5.03. The molecular formula is C26H27N5O. The van der Waals surface area contributed by atoms with E-state index in [-0.39, 0.29) is 11.9 Å². The molecule has 0 saturated carbocycles. The summed E-state index contributed by atoms with van der Waals surface area (Å²) in [5, 5.41) is 11.3. The van der Waals surface area contributed by atoms with E-state index in [0.717, 1.165) is 16.9 Å². The van der Waals surface area contributed by atoms with E-state index in [9.17, 15) is 4.79 Å². The Balaban J connectivity index is 1.57. The highest BCUT2D eigenvalue weighted by Gasteiger charge is 2.21. The van der Waals surface area contributed by atoms with E-state index in [1.54, 1.807) is 23.3 Å². The van der Waals surface area contributed by atoms with E-state index in [1.165, 1.54) is 0 Å². The van der Waals surface area contributed by atoms with Crippen LogP contribution < -0.4 is 10.6 Å². The molecule has 1 atom stereocenters. The molecule has 1 amide bonds. The number of nitrogens with zero attached hydrogens (tertiary/aromatic N) is 3. The molecule has 0 unspecified atom stereocenters. The number of carbonyl (C=O) groups is 1. The normalized spacial score (nSPS) is 11.8. The van der Waals surface area contributed by atoms with Gasteiger partial charge in [0.25, 0.3) is 5.91 Å². The lowest BCUT2D eigenvalue weighted by atomic mass is 10.0. The van der Waals surface area contributed by atoms with Crippen molar-refractivity contribution in [3.05, 3.63) is 97.0 Å². The van der Waals surface area contributed by atoms with Gasteiger partial charge in [0.2, 0.25) is 0 Å². The predicted molar refractivity (Wildman–Crippen MR) is 128 cm³/mol. The zero-order valence-corrected chi connectivity index (χ0v) is 18.3. The Hall–Kier alpha value is -3.93. The van der Waals surface area contributed by atoms with Crippen LogP contribution in [-0.2, 0) is 0 Å². The summed E-state index contributed by atoms with van der Waals surface area (Å²) in [5.74, 6) is 0.173. The third-order valence-corrected chi connectivity index (χ3v) is 5.33. The largest absolute Gasteiger partial charge is 0.380 e. The number of anilines is 1. The van der Waals surface area contributed by atoms with Gasteiger partial charge in [-0.05, 0) is 42.3 Å². The van der Waals surface area contributed by atoms with E-state index in [1.807, 2.05) is 72.8 Å². The summed E-state index contributed by atoms with van der Waals surface area (Å²) < 4.78 is 1.74. The van der Waals surface area contributed by atoms with Crippen molar-refractivity contribution in [3.8, 4) is 16.9 Å². The van der Waals surface area contributed by atoms with Crippen LogP contribution in [0.4, 0.5) is 5.69 Å². The molecule has 0 saturated heterocycles. The predicted octanol–water partition coefficient (Wildman–Crippen LogP) is 4.80. The molecule has 6 nitrogen and oxygen atoms in total. The molecule has 0 radical (unpaired) electrons. The van der Waals surface area contributed by atoms with Crippen molar-refractivity contribution < 1.29 is 4.79 Å². The molecule has 0 bridgehead atoms. The first-order valence-corrected chi connectivity index (χ1v) is 10.8. The Kier molecular flexibility index (Phi) is 6.60. The van der Waals surface area contributed by atoms with Crippen LogP contribution in [0.3, 0.4) is 0 Å². The summed E-state index contributed by atoms with van der Waals surface area (Å²) in [4.78, 5) is 17.4. The number of nitrogens with one attached hydrogen (secondary N) is 2. The van der Waals surface area contributed by atoms with Crippen molar-refractivity contribution in [1.82, 2.24) is 20.1 Å². The smallest absolute Gasteiger partial charge is 0.255 e. The zero-order valence-electron chi connectivity index (χ0n) is 18.3. The maximum atomic E-state index is 13.3. The average Bonchev–Trinajstić information content (AvgIpc) is 3.29. The van der Waals surface area contributed by atoms with Gasteiger partial charge in [0, 0.05) is 42.4 Å². The Morgan fingerprint density at radius 3 is 2.34 bits per heavy atom. The number of hydrogen-bond donors (Lipinski definition) is 2. The minimum Gasteiger partial charge on any atom is -0.380 e. The van der Waals surface area contributed by atoms with Gasteiger partial charge >= 0.3 is 0 Å². The van der Waals surface area contributed by atoms with Crippen LogP contribution in [-0.4, -0.2) is 33.3 Å². The number of benzene rings is 2. The molecule has 32 heavy (non-hydrogen) atoms. The molecule has 2 heterocycles. The standard InChI is InChI=1S/C26H27N5O/c1-19(2)24(29-21-11-5-3-6-12-21)17-28-26(32)23-18-31(22-13-7-4-8-14-22)30-25(23)20-10-9-15-27-16-20/h3-16,18-19,24,29H,17H2,1-2H3,(H,28,32)/t24-/m1/s1. The first kappa shape index (κ1) is 21.3. The average molecular weight is 426 g/mol. The molecule has 0 aliphatic carbocycles.